The minimum absolute atomic E-state index is 0.0376. The highest BCUT2D eigenvalue weighted by Crippen LogP contribution is 2.46. The van der Waals surface area contributed by atoms with Gasteiger partial charge in [-0.15, -0.1) is 11.6 Å². The summed E-state index contributed by atoms with van der Waals surface area (Å²) in [5.74, 6) is 0.515. The van der Waals surface area contributed by atoms with Crippen molar-refractivity contribution in [2.45, 2.75) is 55.2 Å². The number of carboxylic acid groups (broad SMARTS) is 1. The van der Waals surface area contributed by atoms with Crippen molar-refractivity contribution < 1.29 is 14.6 Å². The van der Waals surface area contributed by atoms with E-state index in [4.69, 9.17) is 21.4 Å². The van der Waals surface area contributed by atoms with Crippen LogP contribution >= 0.6 is 11.6 Å². The number of benzene rings is 2. The van der Waals surface area contributed by atoms with Crippen LogP contribution in [0.25, 0.3) is 0 Å². The van der Waals surface area contributed by atoms with Crippen molar-refractivity contribution in [3.8, 4) is 5.75 Å². The van der Waals surface area contributed by atoms with Gasteiger partial charge in [0.15, 0.2) is 0 Å². The molecule has 5 nitrogen and oxygen atoms in total. The molecule has 6 heteroatoms. The van der Waals surface area contributed by atoms with Crippen LogP contribution in [0, 0.1) is 5.92 Å². The number of alkyl halides is 1. The number of aliphatic carboxylic acids is 1. The molecule has 4 rings (SSSR count). The van der Waals surface area contributed by atoms with Crippen molar-refractivity contribution in [3.63, 3.8) is 0 Å². The van der Waals surface area contributed by atoms with Crippen LogP contribution in [0.3, 0.4) is 0 Å². The van der Waals surface area contributed by atoms with Crippen molar-refractivity contribution in [1.82, 2.24) is 10.2 Å². The van der Waals surface area contributed by atoms with E-state index in [1.807, 2.05) is 12.1 Å². The van der Waals surface area contributed by atoms with Crippen molar-refractivity contribution >= 4 is 17.6 Å². The van der Waals surface area contributed by atoms with Crippen LogP contribution in [0.1, 0.15) is 36.8 Å². The second kappa shape index (κ2) is 9.82. The van der Waals surface area contributed by atoms with Crippen LogP contribution < -0.4 is 10.1 Å². The molecule has 0 amide bonds. The lowest BCUT2D eigenvalue weighted by Crippen LogP contribution is -2.52. The van der Waals surface area contributed by atoms with Gasteiger partial charge in [-0.3, -0.25) is 9.69 Å². The van der Waals surface area contributed by atoms with E-state index in [2.05, 4.69) is 66.8 Å². The first-order valence-electron chi connectivity index (χ1n) is 11.5. The van der Waals surface area contributed by atoms with E-state index < -0.39 is 12.0 Å². The van der Waals surface area contributed by atoms with Gasteiger partial charge < -0.3 is 15.2 Å². The standard InChI is InChI=1S/C26H33ClN2O3/c1-29(2)26(20-8-4-3-5-9-20)12-11-19(15-24(26)27)13-18-7-6-10-21(14-18)32-22-16-23(25(30)31)28-17-22/h3-10,14,19,22-24,28H,11-13,15-17H2,1-2H3,(H,30,31)/t19-,22-,23?,24-,26-/m0/s1. The Bertz CT molecular complexity index is 922. The summed E-state index contributed by atoms with van der Waals surface area (Å²) >= 11 is 7.09. The Morgan fingerprint density at radius 3 is 2.62 bits per heavy atom. The molecule has 32 heavy (non-hydrogen) atoms. The zero-order valence-electron chi connectivity index (χ0n) is 18.8. The first-order chi connectivity index (χ1) is 15.4. The molecular weight excluding hydrogens is 424 g/mol. The lowest BCUT2D eigenvalue weighted by molar-refractivity contribution is -0.139. The highest BCUT2D eigenvalue weighted by Gasteiger charge is 2.45. The maximum Gasteiger partial charge on any atom is 0.320 e. The number of hydrogen-bond donors (Lipinski definition) is 2. The largest absolute Gasteiger partial charge is 0.489 e. The lowest BCUT2D eigenvalue weighted by atomic mass is 9.70. The highest BCUT2D eigenvalue weighted by molar-refractivity contribution is 6.21. The molecule has 172 valence electrons. The van der Waals surface area contributed by atoms with Crippen molar-refractivity contribution in [1.29, 1.82) is 0 Å². The second-order valence-electron chi connectivity index (χ2n) is 9.42. The van der Waals surface area contributed by atoms with E-state index in [0.717, 1.165) is 31.4 Å². The fourth-order valence-corrected chi connectivity index (χ4v) is 6.12. The molecule has 1 unspecified atom stereocenters. The molecule has 1 aliphatic heterocycles. The van der Waals surface area contributed by atoms with Crippen LogP contribution in [0.2, 0.25) is 0 Å². The fourth-order valence-electron chi connectivity index (χ4n) is 5.44. The maximum absolute atomic E-state index is 11.1. The molecule has 0 bridgehead atoms. The molecule has 2 aromatic rings. The quantitative estimate of drug-likeness (QED) is 0.608. The summed E-state index contributed by atoms with van der Waals surface area (Å²) in [5.41, 5.74) is 2.40. The molecule has 2 fully saturated rings. The summed E-state index contributed by atoms with van der Waals surface area (Å²) in [7, 11) is 4.27. The summed E-state index contributed by atoms with van der Waals surface area (Å²) in [5, 5.41) is 12.2. The molecule has 5 atom stereocenters. The third kappa shape index (κ3) is 4.80. The van der Waals surface area contributed by atoms with Gasteiger partial charge >= 0.3 is 5.97 Å². The molecular formula is C26H33ClN2O3. The van der Waals surface area contributed by atoms with Crippen molar-refractivity contribution in [2.75, 3.05) is 20.6 Å². The SMILES string of the molecule is CN(C)[C@]1(c2ccccc2)CC[C@@H](Cc2cccc(O[C@@H]3CNC(C(=O)O)C3)c2)C[C@@H]1Cl. The van der Waals surface area contributed by atoms with Gasteiger partial charge in [0, 0.05) is 13.0 Å². The molecule has 2 N–H and O–H groups in total. The molecule has 0 aromatic heterocycles. The van der Waals surface area contributed by atoms with Gasteiger partial charge in [0.05, 0.1) is 10.9 Å². The van der Waals surface area contributed by atoms with Crippen LogP contribution in [0.4, 0.5) is 0 Å². The molecule has 2 aromatic carbocycles. The van der Waals surface area contributed by atoms with E-state index in [1.54, 1.807) is 0 Å². The first-order valence-corrected chi connectivity index (χ1v) is 11.9. The smallest absolute Gasteiger partial charge is 0.320 e. The normalized spacial score (nSPS) is 30.4. The van der Waals surface area contributed by atoms with Gasteiger partial charge in [0.1, 0.15) is 17.9 Å². The third-order valence-electron chi connectivity index (χ3n) is 7.18. The monoisotopic (exact) mass is 456 g/mol. The summed E-state index contributed by atoms with van der Waals surface area (Å²) in [6, 6.07) is 18.4. The Morgan fingerprint density at radius 1 is 1.19 bits per heavy atom. The van der Waals surface area contributed by atoms with Gasteiger partial charge in [-0.05, 0) is 69.0 Å². The van der Waals surface area contributed by atoms with Gasteiger partial charge in [-0.25, -0.2) is 0 Å². The number of hydrogen-bond acceptors (Lipinski definition) is 4. The zero-order valence-corrected chi connectivity index (χ0v) is 19.6. The van der Waals surface area contributed by atoms with E-state index in [1.165, 1.54) is 11.1 Å². The summed E-state index contributed by atoms with van der Waals surface area (Å²) in [4.78, 5) is 13.4. The fraction of sp³-hybridized carbons (Fsp3) is 0.500. The Kier molecular flexibility index (Phi) is 7.08. The van der Waals surface area contributed by atoms with E-state index in [9.17, 15) is 4.79 Å². The Balaban J connectivity index is 1.40. The topological polar surface area (TPSA) is 61.8 Å². The van der Waals surface area contributed by atoms with Crippen LogP contribution in [-0.4, -0.2) is 54.1 Å². The molecule has 2 aliphatic rings. The predicted octanol–water partition coefficient (Wildman–Crippen LogP) is 4.29. The molecule has 1 saturated carbocycles. The Morgan fingerprint density at radius 2 is 1.97 bits per heavy atom. The second-order valence-corrected chi connectivity index (χ2v) is 9.95. The molecule has 1 saturated heterocycles. The van der Waals surface area contributed by atoms with Crippen LogP contribution in [-0.2, 0) is 16.8 Å². The minimum atomic E-state index is -0.818. The van der Waals surface area contributed by atoms with Crippen LogP contribution in [0.15, 0.2) is 54.6 Å². The van der Waals surface area contributed by atoms with Gasteiger partial charge in [-0.2, -0.15) is 0 Å². The van der Waals surface area contributed by atoms with E-state index >= 15 is 0 Å². The molecule has 0 radical (unpaired) electrons. The predicted molar refractivity (Wildman–Crippen MR) is 127 cm³/mol. The minimum Gasteiger partial charge on any atom is -0.489 e. The first kappa shape index (κ1) is 23.1. The summed E-state index contributed by atoms with van der Waals surface area (Å²) in [6.45, 7) is 0.559. The molecule has 1 aliphatic carbocycles. The van der Waals surface area contributed by atoms with Gasteiger partial charge in [0.2, 0.25) is 0 Å². The third-order valence-corrected chi connectivity index (χ3v) is 7.72. The van der Waals surface area contributed by atoms with Gasteiger partial charge in [-0.1, -0.05) is 42.5 Å². The Hall–Kier alpha value is -2.08. The summed E-state index contributed by atoms with van der Waals surface area (Å²) < 4.78 is 6.07. The number of rotatable bonds is 7. The van der Waals surface area contributed by atoms with Crippen LogP contribution in [0.5, 0.6) is 5.75 Å². The average molecular weight is 457 g/mol. The number of nitrogens with one attached hydrogen (secondary N) is 1. The number of ether oxygens (including phenoxy) is 1. The number of nitrogens with zero attached hydrogens (tertiary/aromatic N) is 1. The molecule has 1 heterocycles. The highest BCUT2D eigenvalue weighted by atomic mass is 35.5. The van der Waals surface area contributed by atoms with E-state index in [-0.39, 0.29) is 17.0 Å². The zero-order chi connectivity index (χ0) is 22.7. The maximum atomic E-state index is 11.1. The van der Waals surface area contributed by atoms with E-state index in [0.29, 0.717) is 18.9 Å². The average Bonchev–Trinajstić information content (AvgIpc) is 3.24. The van der Waals surface area contributed by atoms with Gasteiger partial charge in [0.25, 0.3) is 0 Å². The lowest BCUT2D eigenvalue weighted by Gasteiger charge is -2.49. The Labute approximate surface area is 195 Å². The number of carbonyl (C=O) groups is 1. The summed E-state index contributed by atoms with van der Waals surface area (Å²) in [6.07, 6.45) is 4.46. The number of carboxylic acids is 1. The van der Waals surface area contributed by atoms with Crippen molar-refractivity contribution in [3.05, 3.63) is 65.7 Å². The number of halogens is 1. The molecule has 0 spiro atoms. The van der Waals surface area contributed by atoms with Crippen molar-refractivity contribution in [2.24, 2.45) is 5.92 Å².